The first kappa shape index (κ1) is 36.9. The van der Waals surface area contributed by atoms with E-state index in [1.807, 2.05) is 52.0 Å². The first-order valence-electron chi connectivity index (χ1n) is 15.3. The quantitative estimate of drug-likeness (QED) is 0.152. The lowest BCUT2D eigenvalue weighted by molar-refractivity contribution is -0.123. The van der Waals surface area contributed by atoms with Crippen LogP contribution in [0.4, 0.5) is 15.7 Å². The summed E-state index contributed by atoms with van der Waals surface area (Å²) in [7, 11) is 1.72. The lowest BCUT2D eigenvalue weighted by Gasteiger charge is -2.25. The van der Waals surface area contributed by atoms with Gasteiger partial charge in [0.05, 0.1) is 5.69 Å². The number of carbonyl (C=O) groups is 3. The number of thiazole rings is 1. The Morgan fingerprint density at radius 2 is 1.83 bits per heavy atom. The van der Waals surface area contributed by atoms with Gasteiger partial charge in [-0.05, 0) is 63.5 Å². The molecule has 0 radical (unpaired) electrons. The van der Waals surface area contributed by atoms with E-state index in [1.165, 1.54) is 11.3 Å². The SMILES string of the molecule is Cc1nc(-c2ccc3ccnc(N[C@@H](CCCN(C)C(=O)OC(C)(C)C)CC(=O)Nc4nc(C)c(C(C)(C)C)s4)c3c2)no1.O=CO. The van der Waals surface area contributed by atoms with Crippen LogP contribution in [0.25, 0.3) is 22.2 Å². The molecule has 3 aromatic heterocycles. The number of hydrogen-bond acceptors (Lipinski definition) is 11. The average molecular weight is 668 g/mol. The molecule has 0 aliphatic heterocycles. The van der Waals surface area contributed by atoms with Gasteiger partial charge >= 0.3 is 6.09 Å². The van der Waals surface area contributed by atoms with Crippen molar-refractivity contribution in [1.29, 1.82) is 0 Å². The number of nitrogens with one attached hydrogen (secondary N) is 2. The van der Waals surface area contributed by atoms with Crippen LogP contribution >= 0.6 is 11.3 Å². The van der Waals surface area contributed by atoms with Crippen molar-refractivity contribution in [3.63, 3.8) is 0 Å². The second-order valence-electron chi connectivity index (χ2n) is 13.2. The zero-order chi connectivity index (χ0) is 34.9. The van der Waals surface area contributed by atoms with Crippen LogP contribution in [0.5, 0.6) is 0 Å². The molecule has 3 heterocycles. The fourth-order valence-electron chi connectivity index (χ4n) is 4.80. The number of aryl methyl sites for hydroxylation is 2. The van der Waals surface area contributed by atoms with E-state index in [0.717, 1.165) is 26.9 Å². The normalized spacial score (nSPS) is 12.1. The maximum absolute atomic E-state index is 13.3. The largest absolute Gasteiger partial charge is 0.483 e. The van der Waals surface area contributed by atoms with E-state index < -0.39 is 5.60 Å². The number of carboxylic acid groups (broad SMARTS) is 1. The Morgan fingerprint density at radius 1 is 1.13 bits per heavy atom. The minimum Gasteiger partial charge on any atom is -0.483 e. The van der Waals surface area contributed by atoms with Gasteiger partial charge in [0.15, 0.2) is 5.13 Å². The van der Waals surface area contributed by atoms with E-state index in [2.05, 4.69) is 51.5 Å². The minimum atomic E-state index is -0.576. The maximum atomic E-state index is 13.3. The van der Waals surface area contributed by atoms with Crippen molar-refractivity contribution >= 4 is 51.5 Å². The number of nitrogens with zero attached hydrogens (tertiary/aromatic N) is 5. The van der Waals surface area contributed by atoms with E-state index in [4.69, 9.17) is 19.2 Å². The number of rotatable bonds is 10. The van der Waals surface area contributed by atoms with Crippen molar-refractivity contribution in [2.24, 2.45) is 0 Å². The average Bonchev–Trinajstić information content (AvgIpc) is 3.57. The van der Waals surface area contributed by atoms with E-state index in [1.54, 1.807) is 25.1 Å². The number of amides is 2. The summed E-state index contributed by atoms with van der Waals surface area (Å²) in [5.74, 6) is 1.47. The van der Waals surface area contributed by atoms with Gasteiger partial charge in [0, 0.05) is 55.0 Å². The second-order valence-corrected chi connectivity index (χ2v) is 14.2. The molecule has 0 saturated carbocycles. The number of hydrogen-bond donors (Lipinski definition) is 3. The molecule has 47 heavy (non-hydrogen) atoms. The Bertz CT molecular complexity index is 1670. The van der Waals surface area contributed by atoms with Crippen molar-refractivity contribution in [2.75, 3.05) is 24.2 Å². The standard InChI is InChI=1S/C32H43N7O4S.CH2O2/c1-19-26(31(3,4)5)44-29(34-19)37-25(40)18-23(11-10-16-39(9)30(41)42-32(6,7)8)36-28-24-17-22(27-35-20(2)43-38-27)13-12-21(24)14-15-33-28;2-1-3/h12-15,17,23H,10-11,16,18H2,1-9H3,(H,33,36)(H,34,37,40);1H,(H,2,3)/t23-;/m0./s1. The molecule has 3 N–H and O–H groups in total. The highest BCUT2D eigenvalue weighted by atomic mass is 32.1. The van der Waals surface area contributed by atoms with Gasteiger partial charge in [-0.15, -0.1) is 11.3 Å². The predicted octanol–water partition coefficient (Wildman–Crippen LogP) is 6.81. The summed E-state index contributed by atoms with van der Waals surface area (Å²) in [6.45, 7) is 15.9. The van der Waals surface area contributed by atoms with Gasteiger partial charge < -0.3 is 29.9 Å². The lowest BCUT2D eigenvalue weighted by atomic mass is 9.94. The highest BCUT2D eigenvalue weighted by molar-refractivity contribution is 7.16. The van der Waals surface area contributed by atoms with Crippen molar-refractivity contribution < 1.29 is 28.8 Å². The molecule has 1 aromatic carbocycles. The van der Waals surface area contributed by atoms with Crippen LogP contribution in [0.3, 0.4) is 0 Å². The van der Waals surface area contributed by atoms with Crippen LogP contribution < -0.4 is 10.6 Å². The van der Waals surface area contributed by atoms with E-state index in [-0.39, 0.29) is 36.4 Å². The Labute approximate surface area is 279 Å². The summed E-state index contributed by atoms with van der Waals surface area (Å²) in [5.41, 5.74) is 1.08. The number of benzene rings is 1. The fourth-order valence-corrected chi connectivity index (χ4v) is 5.84. The number of anilines is 2. The number of carbonyl (C=O) groups excluding carboxylic acids is 2. The molecular formula is C33H45N7O6S. The summed E-state index contributed by atoms with van der Waals surface area (Å²) in [6.07, 6.45) is 2.79. The molecule has 0 fully saturated rings. The molecule has 1 atom stereocenters. The van der Waals surface area contributed by atoms with Gasteiger partial charge in [-0.2, -0.15) is 4.98 Å². The minimum absolute atomic E-state index is 0.0614. The molecule has 0 bridgehead atoms. The molecule has 0 unspecified atom stereocenters. The summed E-state index contributed by atoms with van der Waals surface area (Å²) in [5, 5.41) is 19.9. The van der Waals surface area contributed by atoms with E-state index in [9.17, 15) is 9.59 Å². The number of pyridine rings is 1. The summed E-state index contributed by atoms with van der Waals surface area (Å²) in [6, 6.07) is 7.54. The third kappa shape index (κ3) is 11.0. The second kappa shape index (κ2) is 15.8. The van der Waals surface area contributed by atoms with Crippen LogP contribution in [-0.2, 0) is 19.7 Å². The molecule has 4 rings (SSSR count). The van der Waals surface area contributed by atoms with E-state index in [0.29, 0.717) is 42.1 Å². The Hall–Kier alpha value is -4.59. The zero-order valence-corrected chi connectivity index (χ0v) is 29.3. The van der Waals surface area contributed by atoms with Gasteiger partial charge in [0.25, 0.3) is 6.47 Å². The van der Waals surface area contributed by atoms with Crippen molar-refractivity contribution in [3.8, 4) is 11.4 Å². The Kier molecular flexibility index (Phi) is 12.4. The smallest absolute Gasteiger partial charge is 0.410 e. The molecule has 0 saturated heterocycles. The predicted molar refractivity (Wildman–Crippen MR) is 183 cm³/mol. The van der Waals surface area contributed by atoms with Crippen LogP contribution in [0.2, 0.25) is 0 Å². The van der Waals surface area contributed by atoms with Crippen molar-refractivity contribution in [3.05, 3.63) is 46.9 Å². The molecule has 14 heteroatoms. The topological polar surface area (TPSA) is 173 Å². The summed E-state index contributed by atoms with van der Waals surface area (Å²) < 4.78 is 10.7. The number of ether oxygens (including phenoxy) is 1. The Balaban J connectivity index is 0.00000192. The molecule has 254 valence electrons. The third-order valence-electron chi connectivity index (χ3n) is 6.80. The molecule has 0 aliphatic rings. The third-order valence-corrected chi connectivity index (χ3v) is 8.30. The fraction of sp³-hybridized carbons (Fsp3) is 0.485. The van der Waals surface area contributed by atoms with Gasteiger partial charge in [0.1, 0.15) is 11.4 Å². The van der Waals surface area contributed by atoms with Crippen molar-refractivity contribution in [2.45, 2.75) is 91.7 Å². The molecular weight excluding hydrogens is 622 g/mol. The summed E-state index contributed by atoms with van der Waals surface area (Å²) >= 11 is 1.50. The van der Waals surface area contributed by atoms with Gasteiger partial charge in [-0.3, -0.25) is 9.59 Å². The summed E-state index contributed by atoms with van der Waals surface area (Å²) in [4.78, 5) is 50.5. The highest BCUT2D eigenvalue weighted by Crippen LogP contribution is 2.34. The van der Waals surface area contributed by atoms with Gasteiger partial charge in [-0.1, -0.05) is 38.1 Å². The maximum Gasteiger partial charge on any atom is 0.410 e. The molecule has 13 nitrogen and oxygen atoms in total. The number of aromatic nitrogens is 4. The lowest BCUT2D eigenvalue weighted by Crippen LogP contribution is -2.35. The van der Waals surface area contributed by atoms with Gasteiger partial charge in [0.2, 0.25) is 17.6 Å². The highest BCUT2D eigenvalue weighted by Gasteiger charge is 2.24. The monoisotopic (exact) mass is 667 g/mol. The Morgan fingerprint density at radius 3 is 2.43 bits per heavy atom. The van der Waals surface area contributed by atoms with Crippen LogP contribution in [0.15, 0.2) is 35.0 Å². The molecule has 4 aromatic rings. The molecule has 2 amide bonds. The molecule has 0 spiro atoms. The first-order valence-corrected chi connectivity index (χ1v) is 16.1. The van der Waals surface area contributed by atoms with Crippen molar-refractivity contribution in [1.82, 2.24) is 25.0 Å². The number of fused-ring (bicyclic) bond motifs is 1. The van der Waals surface area contributed by atoms with Gasteiger partial charge in [-0.25, -0.2) is 14.8 Å². The van der Waals surface area contributed by atoms with E-state index >= 15 is 0 Å². The van der Waals surface area contributed by atoms with Crippen LogP contribution in [0.1, 0.15) is 77.3 Å². The molecule has 0 aliphatic carbocycles. The van der Waals surface area contributed by atoms with Crippen LogP contribution in [-0.4, -0.2) is 73.8 Å². The van der Waals surface area contributed by atoms with Crippen LogP contribution in [0, 0.1) is 13.8 Å². The zero-order valence-electron chi connectivity index (χ0n) is 28.5. The first-order chi connectivity index (χ1) is 22.0.